The van der Waals surface area contributed by atoms with Crippen LogP contribution in [0.25, 0.3) is 0 Å². The lowest BCUT2D eigenvalue weighted by molar-refractivity contribution is -0.104. The molecule has 1 aliphatic rings. The quantitative estimate of drug-likeness (QED) is 0.556. The first-order valence-corrected chi connectivity index (χ1v) is 7.18. The maximum absolute atomic E-state index is 13.7. The molecule has 1 fully saturated rings. The SMILES string of the molecule is CCOCC1(CCCCC(F)(F)C(C)(C)C)CC1. The first-order valence-electron chi connectivity index (χ1n) is 7.18. The highest BCUT2D eigenvalue weighted by Crippen LogP contribution is 2.50. The van der Waals surface area contributed by atoms with Crippen LogP contribution in [0, 0.1) is 10.8 Å². The van der Waals surface area contributed by atoms with Crippen LogP contribution in [0.2, 0.25) is 0 Å². The van der Waals surface area contributed by atoms with Gasteiger partial charge in [0.2, 0.25) is 0 Å². The molecule has 108 valence electrons. The molecule has 1 nitrogen and oxygen atoms in total. The summed E-state index contributed by atoms with van der Waals surface area (Å²) < 4.78 is 33.0. The van der Waals surface area contributed by atoms with E-state index in [1.807, 2.05) is 6.92 Å². The van der Waals surface area contributed by atoms with Crippen molar-refractivity contribution in [2.75, 3.05) is 13.2 Å². The minimum atomic E-state index is -2.55. The number of hydrogen-bond acceptors (Lipinski definition) is 1. The molecule has 0 heterocycles. The van der Waals surface area contributed by atoms with Gasteiger partial charge < -0.3 is 4.74 Å². The lowest BCUT2D eigenvalue weighted by Gasteiger charge is -2.30. The van der Waals surface area contributed by atoms with Crippen LogP contribution in [-0.2, 0) is 4.74 Å². The van der Waals surface area contributed by atoms with Crippen LogP contribution in [0.1, 0.15) is 66.2 Å². The molecule has 0 unspecified atom stereocenters. The predicted molar refractivity (Wildman–Crippen MR) is 71.0 cm³/mol. The fourth-order valence-electron chi connectivity index (χ4n) is 2.18. The zero-order valence-electron chi connectivity index (χ0n) is 12.3. The fraction of sp³-hybridized carbons (Fsp3) is 1.00. The van der Waals surface area contributed by atoms with Crippen molar-refractivity contribution in [3.63, 3.8) is 0 Å². The summed E-state index contributed by atoms with van der Waals surface area (Å²) in [6.07, 6.45) is 5.01. The van der Waals surface area contributed by atoms with Crippen molar-refractivity contribution < 1.29 is 13.5 Å². The molecular weight excluding hydrogens is 234 g/mol. The third-order valence-corrected chi connectivity index (χ3v) is 4.11. The van der Waals surface area contributed by atoms with E-state index >= 15 is 0 Å². The van der Waals surface area contributed by atoms with E-state index in [1.165, 1.54) is 12.8 Å². The van der Waals surface area contributed by atoms with Crippen molar-refractivity contribution in [3.8, 4) is 0 Å². The number of hydrogen-bond donors (Lipinski definition) is 0. The van der Waals surface area contributed by atoms with Crippen molar-refractivity contribution in [1.29, 1.82) is 0 Å². The van der Waals surface area contributed by atoms with E-state index in [9.17, 15) is 8.78 Å². The van der Waals surface area contributed by atoms with Crippen LogP contribution >= 0.6 is 0 Å². The molecule has 0 aromatic rings. The highest BCUT2D eigenvalue weighted by Gasteiger charge is 2.44. The summed E-state index contributed by atoms with van der Waals surface area (Å²) >= 11 is 0. The van der Waals surface area contributed by atoms with Crippen LogP contribution in [0.15, 0.2) is 0 Å². The molecule has 1 rings (SSSR count). The van der Waals surface area contributed by atoms with Crippen molar-refractivity contribution >= 4 is 0 Å². The Morgan fingerprint density at radius 3 is 2.17 bits per heavy atom. The Morgan fingerprint density at radius 2 is 1.72 bits per heavy atom. The van der Waals surface area contributed by atoms with E-state index in [1.54, 1.807) is 20.8 Å². The van der Waals surface area contributed by atoms with Crippen molar-refractivity contribution in [3.05, 3.63) is 0 Å². The summed E-state index contributed by atoms with van der Waals surface area (Å²) in [5.74, 6) is -2.55. The minimum absolute atomic E-state index is 0.0151. The van der Waals surface area contributed by atoms with E-state index < -0.39 is 11.3 Å². The zero-order valence-corrected chi connectivity index (χ0v) is 12.3. The van der Waals surface area contributed by atoms with Crippen LogP contribution in [0.5, 0.6) is 0 Å². The Balaban J connectivity index is 2.19. The van der Waals surface area contributed by atoms with Gasteiger partial charge in [0.05, 0.1) is 6.61 Å². The Morgan fingerprint density at radius 1 is 1.11 bits per heavy atom. The molecule has 0 aliphatic heterocycles. The number of rotatable bonds is 8. The standard InChI is InChI=1S/C15H28F2O/c1-5-18-12-14(10-11-14)8-6-7-9-15(16,17)13(2,3)4/h5-12H2,1-4H3. The van der Waals surface area contributed by atoms with E-state index in [2.05, 4.69) is 0 Å². The molecule has 0 saturated heterocycles. The molecule has 3 heteroatoms. The molecule has 1 saturated carbocycles. The largest absolute Gasteiger partial charge is 0.381 e. The van der Waals surface area contributed by atoms with Gasteiger partial charge in [-0.15, -0.1) is 0 Å². The molecule has 0 amide bonds. The smallest absolute Gasteiger partial charge is 0.252 e. The van der Waals surface area contributed by atoms with Gasteiger partial charge in [0, 0.05) is 18.4 Å². The predicted octanol–water partition coefficient (Wildman–Crippen LogP) is 5.04. The summed E-state index contributed by atoms with van der Waals surface area (Å²) in [4.78, 5) is 0. The maximum Gasteiger partial charge on any atom is 0.252 e. The first kappa shape index (κ1) is 15.9. The van der Waals surface area contributed by atoms with Gasteiger partial charge in [0.15, 0.2) is 0 Å². The minimum Gasteiger partial charge on any atom is -0.381 e. The monoisotopic (exact) mass is 262 g/mol. The van der Waals surface area contributed by atoms with E-state index in [0.717, 1.165) is 26.1 Å². The Bertz CT molecular complexity index is 252. The Labute approximate surface area is 110 Å². The number of halogens is 2. The van der Waals surface area contributed by atoms with Gasteiger partial charge in [0.1, 0.15) is 0 Å². The molecule has 0 aromatic carbocycles. The topological polar surface area (TPSA) is 9.23 Å². The van der Waals surface area contributed by atoms with Crippen molar-refractivity contribution in [1.82, 2.24) is 0 Å². The molecule has 1 aliphatic carbocycles. The second-order valence-corrected chi connectivity index (χ2v) is 6.80. The second kappa shape index (κ2) is 5.85. The van der Waals surface area contributed by atoms with Gasteiger partial charge in [-0.25, -0.2) is 8.78 Å². The van der Waals surface area contributed by atoms with Crippen LogP contribution in [0.4, 0.5) is 8.78 Å². The molecule has 0 radical (unpaired) electrons. The van der Waals surface area contributed by atoms with E-state index in [0.29, 0.717) is 11.8 Å². The Hall–Kier alpha value is -0.180. The summed E-state index contributed by atoms with van der Waals surface area (Å²) in [5.41, 5.74) is -0.581. The van der Waals surface area contributed by atoms with Gasteiger partial charge in [-0.2, -0.15) is 0 Å². The highest BCUT2D eigenvalue weighted by molar-refractivity contribution is 4.93. The third-order valence-electron chi connectivity index (χ3n) is 4.11. The first-order chi connectivity index (χ1) is 8.22. The molecule has 0 N–H and O–H groups in total. The fourth-order valence-corrected chi connectivity index (χ4v) is 2.18. The summed E-state index contributed by atoms with van der Waals surface area (Å²) in [7, 11) is 0. The van der Waals surface area contributed by atoms with Crippen LogP contribution in [0.3, 0.4) is 0 Å². The molecule has 0 bridgehead atoms. The number of unbranched alkanes of at least 4 members (excludes halogenated alkanes) is 1. The molecular formula is C15H28F2O. The van der Waals surface area contributed by atoms with Crippen molar-refractivity contribution in [2.24, 2.45) is 10.8 Å². The van der Waals surface area contributed by atoms with Crippen LogP contribution in [-0.4, -0.2) is 19.1 Å². The molecule has 0 spiro atoms. The lowest BCUT2D eigenvalue weighted by Crippen LogP contribution is -2.33. The second-order valence-electron chi connectivity index (χ2n) is 6.80. The molecule has 18 heavy (non-hydrogen) atoms. The number of alkyl halides is 2. The third kappa shape index (κ3) is 4.49. The van der Waals surface area contributed by atoms with Gasteiger partial charge in [-0.3, -0.25) is 0 Å². The highest BCUT2D eigenvalue weighted by atomic mass is 19.3. The lowest BCUT2D eigenvalue weighted by atomic mass is 9.84. The normalized spacial score (nSPS) is 19.0. The molecule has 0 aromatic heterocycles. The number of ether oxygens (including phenoxy) is 1. The van der Waals surface area contributed by atoms with E-state index in [-0.39, 0.29) is 6.42 Å². The Kier molecular flexibility index (Phi) is 5.16. The van der Waals surface area contributed by atoms with E-state index in [4.69, 9.17) is 4.74 Å². The zero-order chi connectivity index (χ0) is 13.9. The molecule has 0 atom stereocenters. The van der Waals surface area contributed by atoms with Gasteiger partial charge in [-0.05, 0) is 38.0 Å². The average Bonchev–Trinajstić information content (AvgIpc) is 3.01. The van der Waals surface area contributed by atoms with Gasteiger partial charge in [0.25, 0.3) is 5.92 Å². The summed E-state index contributed by atoms with van der Waals surface area (Å²) in [6.45, 7) is 8.42. The van der Waals surface area contributed by atoms with Gasteiger partial charge >= 0.3 is 0 Å². The average molecular weight is 262 g/mol. The van der Waals surface area contributed by atoms with Crippen LogP contribution < -0.4 is 0 Å². The summed E-state index contributed by atoms with van der Waals surface area (Å²) in [6, 6.07) is 0. The summed E-state index contributed by atoms with van der Waals surface area (Å²) in [5, 5.41) is 0. The maximum atomic E-state index is 13.7. The van der Waals surface area contributed by atoms with Gasteiger partial charge in [-0.1, -0.05) is 27.2 Å². The van der Waals surface area contributed by atoms with Crippen molar-refractivity contribution in [2.45, 2.75) is 72.1 Å².